The maximum Gasteiger partial charge on any atom is 0.302 e. The Morgan fingerprint density at radius 3 is 2.81 bits per heavy atom. The van der Waals surface area contributed by atoms with Crippen molar-refractivity contribution in [3.8, 4) is 0 Å². The number of aromatic nitrogens is 2. The maximum atomic E-state index is 11.8. The number of hydrogen-bond acceptors (Lipinski definition) is 4. The first-order chi connectivity index (χ1) is 7.52. The smallest absolute Gasteiger partial charge is 0.302 e. The second-order valence-electron chi connectivity index (χ2n) is 3.21. The summed E-state index contributed by atoms with van der Waals surface area (Å²) in [6, 6.07) is 2.83. The van der Waals surface area contributed by atoms with Gasteiger partial charge in [0, 0.05) is 7.05 Å². The molecule has 16 heavy (non-hydrogen) atoms. The minimum Gasteiger partial charge on any atom is -0.302 e. The predicted octanol–water partition coefficient (Wildman–Crippen LogP) is 1.50. The lowest BCUT2D eigenvalue weighted by atomic mass is 10.2. The van der Waals surface area contributed by atoms with Crippen molar-refractivity contribution in [2.75, 3.05) is 0 Å². The molecule has 0 aliphatic heterocycles. The molecule has 0 saturated carbocycles. The molecular formula is C9H6ClN3O3. The van der Waals surface area contributed by atoms with Crippen LogP contribution in [-0.2, 0) is 7.05 Å². The highest BCUT2D eigenvalue weighted by molar-refractivity contribution is 6.34. The Morgan fingerprint density at radius 2 is 2.19 bits per heavy atom. The van der Waals surface area contributed by atoms with Gasteiger partial charge in [-0.1, -0.05) is 11.6 Å². The van der Waals surface area contributed by atoms with Crippen LogP contribution in [0.3, 0.4) is 0 Å². The van der Waals surface area contributed by atoms with Gasteiger partial charge in [0.15, 0.2) is 0 Å². The van der Waals surface area contributed by atoms with Crippen LogP contribution < -0.4 is 5.56 Å². The number of nitro benzene ring substituents is 1. The van der Waals surface area contributed by atoms with Crippen LogP contribution in [0, 0.1) is 10.1 Å². The molecule has 0 spiro atoms. The van der Waals surface area contributed by atoms with Crippen molar-refractivity contribution < 1.29 is 4.92 Å². The molecule has 1 aromatic carbocycles. The highest BCUT2D eigenvalue weighted by Gasteiger charge is 2.21. The van der Waals surface area contributed by atoms with E-state index in [4.69, 9.17) is 11.6 Å². The molecule has 1 heterocycles. The van der Waals surface area contributed by atoms with E-state index in [0.717, 1.165) is 0 Å². The van der Waals surface area contributed by atoms with Crippen molar-refractivity contribution >= 4 is 28.2 Å². The topological polar surface area (TPSA) is 78.0 Å². The van der Waals surface area contributed by atoms with Gasteiger partial charge < -0.3 is 4.57 Å². The Balaban J connectivity index is 3.07. The zero-order chi connectivity index (χ0) is 11.9. The summed E-state index contributed by atoms with van der Waals surface area (Å²) in [6.07, 6.45) is 1.31. The summed E-state index contributed by atoms with van der Waals surface area (Å²) in [4.78, 5) is 25.9. The fourth-order valence-corrected chi connectivity index (χ4v) is 1.66. The summed E-state index contributed by atoms with van der Waals surface area (Å²) in [7, 11) is 1.47. The van der Waals surface area contributed by atoms with Crippen LogP contribution >= 0.6 is 11.6 Å². The van der Waals surface area contributed by atoms with Crippen LogP contribution in [-0.4, -0.2) is 14.5 Å². The van der Waals surface area contributed by atoms with E-state index in [1.165, 1.54) is 30.1 Å². The lowest BCUT2D eigenvalue weighted by Crippen LogP contribution is -2.18. The SMILES string of the molecule is Cn1cnc2ccc(Cl)c([N+](=O)[O-])c2c1=O. The van der Waals surface area contributed by atoms with Crippen LogP contribution in [0.25, 0.3) is 10.9 Å². The zero-order valence-electron chi connectivity index (χ0n) is 8.18. The van der Waals surface area contributed by atoms with E-state index in [1.807, 2.05) is 0 Å². The van der Waals surface area contributed by atoms with Gasteiger partial charge in [0.1, 0.15) is 10.4 Å². The van der Waals surface area contributed by atoms with E-state index in [2.05, 4.69) is 4.98 Å². The van der Waals surface area contributed by atoms with Crippen LogP contribution in [0.1, 0.15) is 0 Å². The molecule has 6 nitrogen and oxygen atoms in total. The molecule has 0 atom stereocenters. The molecule has 0 aliphatic carbocycles. The molecular weight excluding hydrogens is 234 g/mol. The van der Waals surface area contributed by atoms with Crippen LogP contribution in [0.4, 0.5) is 5.69 Å². The zero-order valence-corrected chi connectivity index (χ0v) is 8.93. The van der Waals surface area contributed by atoms with Crippen molar-refractivity contribution in [3.63, 3.8) is 0 Å². The van der Waals surface area contributed by atoms with Crippen LogP contribution in [0.15, 0.2) is 23.3 Å². The summed E-state index contributed by atoms with van der Waals surface area (Å²) in [6.45, 7) is 0. The first-order valence-electron chi connectivity index (χ1n) is 4.30. The largest absolute Gasteiger partial charge is 0.302 e. The van der Waals surface area contributed by atoms with Crippen molar-refractivity contribution in [2.45, 2.75) is 0 Å². The average Bonchev–Trinajstić information content (AvgIpc) is 2.23. The van der Waals surface area contributed by atoms with Crippen LogP contribution in [0.2, 0.25) is 5.02 Å². The van der Waals surface area contributed by atoms with E-state index < -0.39 is 16.2 Å². The van der Waals surface area contributed by atoms with Gasteiger partial charge in [-0.2, -0.15) is 0 Å². The predicted molar refractivity (Wildman–Crippen MR) is 58.6 cm³/mol. The average molecular weight is 240 g/mol. The van der Waals surface area contributed by atoms with E-state index in [1.54, 1.807) is 0 Å². The van der Waals surface area contributed by atoms with Crippen molar-refractivity contribution in [3.05, 3.63) is 44.0 Å². The van der Waals surface area contributed by atoms with Gasteiger partial charge in [-0.05, 0) is 12.1 Å². The second-order valence-corrected chi connectivity index (χ2v) is 3.62. The lowest BCUT2D eigenvalue weighted by Gasteiger charge is -2.02. The van der Waals surface area contributed by atoms with Crippen LogP contribution in [0.5, 0.6) is 0 Å². The molecule has 82 valence electrons. The summed E-state index contributed by atoms with van der Waals surface area (Å²) in [5.41, 5.74) is -0.619. The molecule has 0 amide bonds. The van der Waals surface area contributed by atoms with Gasteiger partial charge in [-0.15, -0.1) is 0 Å². The minimum atomic E-state index is -0.673. The highest BCUT2D eigenvalue weighted by atomic mass is 35.5. The lowest BCUT2D eigenvalue weighted by molar-refractivity contribution is -0.383. The molecule has 0 saturated heterocycles. The molecule has 1 aromatic heterocycles. The summed E-state index contributed by atoms with van der Waals surface area (Å²) in [5.74, 6) is 0. The van der Waals surface area contributed by atoms with Gasteiger partial charge in [0.2, 0.25) is 0 Å². The van der Waals surface area contributed by atoms with Gasteiger partial charge >= 0.3 is 5.69 Å². The molecule has 7 heteroatoms. The minimum absolute atomic E-state index is 0.0670. The number of benzene rings is 1. The molecule has 0 unspecified atom stereocenters. The summed E-state index contributed by atoms with van der Waals surface area (Å²) < 4.78 is 1.17. The third kappa shape index (κ3) is 1.43. The number of nitrogens with zero attached hydrogens (tertiary/aromatic N) is 3. The molecule has 0 fully saturated rings. The first-order valence-corrected chi connectivity index (χ1v) is 4.68. The van der Waals surface area contributed by atoms with E-state index in [0.29, 0.717) is 0 Å². The Bertz CT molecular complexity index is 645. The van der Waals surface area contributed by atoms with E-state index in [-0.39, 0.29) is 15.9 Å². The van der Waals surface area contributed by atoms with Crippen molar-refractivity contribution in [1.82, 2.24) is 9.55 Å². The Hall–Kier alpha value is -1.95. The van der Waals surface area contributed by atoms with E-state index in [9.17, 15) is 14.9 Å². The monoisotopic (exact) mass is 239 g/mol. The molecule has 0 aliphatic rings. The Kier molecular flexibility index (Phi) is 2.35. The molecule has 2 aromatic rings. The third-order valence-electron chi connectivity index (χ3n) is 2.19. The summed E-state index contributed by atoms with van der Waals surface area (Å²) in [5, 5.41) is 10.7. The fourth-order valence-electron chi connectivity index (χ4n) is 1.43. The standard InChI is InChI=1S/C9H6ClN3O3/c1-12-4-11-6-3-2-5(10)8(13(15)16)7(6)9(12)14/h2-4H,1H3. The Morgan fingerprint density at radius 1 is 1.50 bits per heavy atom. The van der Waals surface area contributed by atoms with Gasteiger partial charge in [0.05, 0.1) is 16.8 Å². The molecule has 2 rings (SSSR count). The third-order valence-corrected chi connectivity index (χ3v) is 2.50. The number of rotatable bonds is 1. The second kappa shape index (κ2) is 3.57. The number of hydrogen-bond donors (Lipinski definition) is 0. The van der Waals surface area contributed by atoms with Gasteiger partial charge in [-0.3, -0.25) is 14.9 Å². The van der Waals surface area contributed by atoms with Gasteiger partial charge in [0.25, 0.3) is 5.56 Å². The van der Waals surface area contributed by atoms with E-state index >= 15 is 0 Å². The van der Waals surface area contributed by atoms with Gasteiger partial charge in [-0.25, -0.2) is 4.98 Å². The number of aryl methyl sites for hydroxylation is 1. The molecule has 0 bridgehead atoms. The van der Waals surface area contributed by atoms with Crippen molar-refractivity contribution in [2.24, 2.45) is 7.05 Å². The summed E-state index contributed by atoms with van der Waals surface area (Å²) >= 11 is 5.70. The quantitative estimate of drug-likeness (QED) is 0.558. The van der Waals surface area contributed by atoms with Crippen molar-refractivity contribution in [1.29, 1.82) is 0 Å². The normalized spacial score (nSPS) is 10.6. The fraction of sp³-hybridized carbons (Fsp3) is 0.111. The maximum absolute atomic E-state index is 11.8. The first kappa shape index (κ1) is 10.6. The number of fused-ring (bicyclic) bond motifs is 1. The molecule has 0 N–H and O–H groups in total. The number of halogens is 1. The number of nitro groups is 1. The molecule has 0 radical (unpaired) electrons. The highest BCUT2D eigenvalue weighted by Crippen LogP contribution is 2.29. The Labute approximate surface area is 94.2 Å².